The number of rotatable bonds is 5. The van der Waals surface area contributed by atoms with Gasteiger partial charge in [-0.2, -0.15) is 0 Å². The van der Waals surface area contributed by atoms with E-state index >= 15 is 0 Å². The van der Waals surface area contributed by atoms with Crippen LogP contribution in [0.1, 0.15) is 25.3 Å². The van der Waals surface area contributed by atoms with E-state index in [9.17, 15) is 0 Å². The quantitative estimate of drug-likeness (QED) is 0.834. The van der Waals surface area contributed by atoms with Crippen LogP contribution in [0.25, 0.3) is 0 Å². The Hall–Kier alpha value is 0.1000. The first-order valence-corrected chi connectivity index (χ1v) is 8.05. The van der Waals surface area contributed by atoms with Crippen LogP contribution >= 0.6 is 31.9 Å². The Balaban J connectivity index is 1.79. The first-order chi connectivity index (χ1) is 8.70. The topological polar surface area (TPSA) is 21.3 Å². The van der Waals surface area contributed by atoms with Crippen LogP contribution in [0.5, 0.6) is 0 Å². The standard InChI is InChI=1S/C14H19Br2NO/c1-2-14-11(5-6-18-14)9-17-8-10-3-4-12(15)13(16)7-10/h3-4,7,11,14,17H,2,5-6,8-9H2,1H3. The summed E-state index contributed by atoms with van der Waals surface area (Å²) in [6.45, 7) is 5.09. The molecule has 4 heteroatoms. The molecule has 0 aromatic heterocycles. The van der Waals surface area contributed by atoms with E-state index in [0.29, 0.717) is 12.0 Å². The van der Waals surface area contributed by atoms with Crippen molar-refractivity contribution in [3.05, 3.63) is 32.7 Å². The Kier molecular flexibility index (Phi) is 5.67. The fourth-order valence-corrected chi connectivity index (χ4v) is 3.10. The van der Waals surface area contributed by atoms with Crippen molar-refractivity contribution in [2.45, 2.75) is 32.4 Å². The van der Waals surface area contributed by atoms with Crippen molar-refractivity contribution >= 4 is 31.9 Å². The lowest BCUT2D eigenvalue weighted by Gasteiger charge is -2.17. The lowest BCUT2D eigenvalue weighted by molar-refractivity contribution is 0.0872. The molecule has 1 aliphatic rings. The van der Waals surface area contributed by atoms with Crippen molar-refractivity contribution in [1.82, 2.24) is 5.32 Å². The zero-order valence-electron chi connectivity index (χ0n) is 10.6. The minimum Gasteiger partial charge on any atom is -0.378 e. The van der Waals surface area contributed by atoms with Crippen molar-refractivity contribution in [3.63, 3.8) is 0 Å². The molecule has 1 heterocycles. The van der Waals surface area contributed by atoms with Crippen molar-refractivity contribution in [2.24, 2.45) is 5.92 Å². The molecule has 100 valence electrons. The molecule has 2 unspecified atom stereocenters. The highest BCUT2D eigenvalue weighted by atomic mass is 79.9. The van der Waals surface area contributed by atoms with Crippen LogP contribution in [0.15, 0.2) is 27.1 Å². The minimum absolute atomic E-state index is 0.453. The highest BCUT2D eigenvalue weighted by Gasteiger charge is 2.25. The molecule has 1 saturated heterocycles. The molecule has 18 heavy (non-hydrogen) atoms. The largest absolute Gasteiger partial charge is 0.378 e. The molecule has 1 aliphatic heterocycles. The van der Waals surface area contributed by atoms with Crippen molar-refractivity contribution in [3.8, 4) is 0 Å². The maximum Gasteiger partial charge on any atom is 0.0613 e. The lowest BCUT2D eigenvalue weighted by atomic mass is 9.99. The Morgan fingerprint density at radius 3 is 2.89 bits per heavy atom. The molecular weight excluding hydrogens is 358 g/mol. The summed E-state index contributed by atoms with van der Waals surface area (Å²) in [5, 5.41) is 3.54. The van der Waals surface area contributed by atoms with Gasteiger partial charge in [0.2, 0.25) is 0 Å². The normalized spacial score (nSPS) is 23.5. The first kappa shape index (κ1) is 14.5. The molecule has 0 saturated carbocycles. The van der Waals surface area contributed by atoms with Crippen LogP contribution in [0.3, 0.4) is 0 Å². The molecule has 2 atom stereocenters. The molecular formula is C14H19Br2NO. The second-order valence-electron chi connectivity index (χ2n) is 4.75. The number of ether oxygens (including phenoxy) is 1. The smallest absolute Gasteiger partial charge is 0.0613 e. The second-order valence-corrected chi connectivity index (χ2v) is 6.45. The van der Waals surface area contributed by atoms with Gasteiger partial charge in [0, 0.05) is 28.6 Å². The zero-order chi connectivity index (χ0) is 13.0. The Bertz CT molecular complexity index is 397. The maximum atomic E-state index is 5.70. The maximum absolute atomic E-state index is 5.70. The third kappa shape index (κ3) is 3.80. The van der Waals surface area contributed by atoms with Crippen LogP contribution in [0.2, 0.25) is 0 Å². The van der Waals surface area contributed by atoms with Gasteiger partial charge in [-0.3, -0.25) is 0 Å². The molecule has 0 aliphatic carbocycles. The van der Waals surface area contributed by atoms with Gasteiger partial charge in [-0.25, -0.2) is 0 Å². The Morgan fingerprint density at radius 2 is 2.17 bits per heavy atom. The average Bonchev–Trinajstić information content (AvgIpc) is 2.81. The SMILES string of the molecule is CCC1OCCC1CNCc1ccc(Br)c(Br)c1. The molecule has 0 bridgehead atoms. The van der Waals surface area contributed by atoms with E-state index in [-0.39, 0.29) is 0 Å². The molecule has 0 spiro atoms. The summed E-state index contributed by atoms with van der Waals surface area (Å²) in [5.41, 5.74) is 1.30. The number of benzene rings is 1. The van der Waals surface area contributed by atoms with E-state index in [1.807, 2.05) is 0 Å². The molecule has 1 aromatic carbocycles. The molecule has 1 N–H and O–H groups in total. The van der Waals surface area contributed by atoms with Crippen LogP contribution in [-0.4, -0.2) is 19.3 Å². The van der Waals surface area contributed by atoms with E-state index in [4.69, 9.17) is 4.74 Å². The summed E-state index contributed by atoms with van der Waals surface area (Å²) in [7, 11) is 0. The summed E-state index contributed by atoms with van der Waals surface area (Å²) < 4.78 is 7.91. The van der Waals surface area contributed by atoms with Crippen molar-refractivity contribution in [1.29, 1.82) is 0 Å². The van der Waals surface area contributed by atoms with Crippen LogP contribution in [0, 0.1) is 5.92 Å². The van der Waals surface area contributed by atoms with Gasteiger partial charge in [0.05, 0.1) is 6.10 Å². The van der Waals surface area contributed by atoms with Crippen molar-refractivity contribution < 1.29 is 4.74 Å². The monoisotopic (exact) mass is 375 g/mol. The van der Waals surface area contributed by atoms with E-state index < -0.39 is 0 Å². The molecule has 1 aromatic rings. The minimum atomic E-state index is 0.453. The molecule has 0 amide bonds. The van der Waals surface area contributed by atoms with Gasteiger partial charge in [-0.1, -0.05) is 13.0 Å². The Morgan fingerprint density at radius 1 is 1.33 bits per heavy atom. The summed E-state index contributed by atoms with van der Waals surface area (Å²) in [4.78, 5) is 0. The second kappa shape index (κ2) is 7.04. The number of halogens is 2. The van der Waals surface area contributed by atoms with Crippen LogP contribution < -0.4 is 5.32 Å². The Labute approximate surface area is 126 Å². The zero-order valence-corrected chi connectivity index (χ0v) is 13.8. The fraction of sp³-hybridized carbons (Fsp3) is 0.571. The van der Waals surface area contributed by atoms with E-state index in [1.54, 1.807) is 0 Å². The fourth-order valence-electron chi connectivity index (χ4n) is 2.43. The van der Waals surface area contributed by atoms with Gasteiger partial charge in [-0.05, 0) is 68.3 Å². The summed E-state index contributed by atoms with van der Waals surface area (Å²) >= 11 is 7.02. The summed E-state index contributed by atoms with van der Waals surface area (Å²) in [6, 6.07) is 6.37. The molecule has 1 fully saturated rings. The molecule has 2 rings (SSSR count). The predicted molar refractivity (Wildman–Crippen MR) is 81.7 cm³/mol. The van der Waals surface area contributed by atoms with Crippen LogP contribution in [0.4, 0.5) is 0 Å². The number of hydrogen-bond donors (Lipinski definition) is 1. The van der Waals surface area contributed by atoms with Gasteiger partial charge in [0.1, 0.15) is 0 Å². The average molecular weight is 377 g/mol. The molecule has 0 radical (unpaired) electrons. The van der Waals surface area contributed by atoms with Gasteiger partial charge in [0.15, 0.2) is 0 Å². The van der Waals surface area contributed by atoms with E-state index in [2.05, 4.69) is 62.3 Å². The van der Waals surface area contributed by atoms with Gasteiger partial charge in [0.25, 0.3) is 0 Å². The summed E-state index contributed by atoms with van der Waals surface area (Å²) in [6.07, 6.45) is 2.76. The van der Waals surface area contributed by atoms with E-state index in [0.717, 1.165) is 35.1 Å². The van der Waals surface area contributed by atoms with Crippen molar-refractivity contribution in [2.75, 3.05) is 13.2 Å². The third-order valence-electron chi connectivity index (χ3n) is 3.47. The third-order valence-corrected chi connectivity index (χ3v) is 5.35. The van der Waals surface area contributed by atoms with Gasteiger partial charge in [-0.15, -0.1) is 0 Å². The number of hydrogen-bond acceptors (Lipinski definition) is 2. The summed E-state index contributed by atoms with van der Waals surface area (Å²) in [5.74, 6) is 0.675. The van der Waals surface area contributed by atoms with Gasteiger partial charge < -0.3 is 10.1 Å². The van der Waals surface area contributed by atoms with Gasteiger partial charge >= 0.3 is 0 Å². The first-order valence-electron chi connectivity index (χ1n) is 6.47. The van der Waals surface area contributed by atoms with E-state index in [1.165, 1.54) is 12.0 Å². The van der Waals surface area contributed by atoms with Crippen LogP contribution in [-0.2, 0) is 11.3 Å². The predicted octanol–water partition coefficient (Wildman–Crippen LogP) is 4.12. The lowest BCUT2D eigenvalue weighted by Crippen LogP contribution is -2.27. The highest BCUT2D eigenvalue weighted by molar-refractivity contribution is 9.13. The molecule has 2 nitrogen and oxygen atoms in total. The number of nitrogens with one attached hydrogen (secondary N) is 1. The highest BCUT2D eigenvalue weighted by Crippen LogP contribution is 2.24.